The van der Waals surface area contributed by atoms with Gasteiger partial charge in [0, 0.05) is 13.7 Å². The van der Waals surface area contributed by atoms with Crippen LogP contribution in [0.4, 0.5) is 0 Å². The maximum Gasteiger partial charge on any atom is 0.232 e. The summed E-state index contributed by atoms with van der Waals surface area (Å²) in [4.78, 5) is 4.54. The van der Waals surface area contributed by atoms with Crippen LogP contribution in [0.5, 0.6) is 0 Å². The molecule has 1 aromatic rings. The van der Waals surface area contributed by atoms with Gasteiger partial charge in [0.15, 0.2) is 0 Å². The Morgan fingerprint density at radius 1 is 1.39 bits per heavy atom. The van der Waals surface area contributed by atoms with Crippen molar-refractivity contribution in [1.82, 2.24) is 10.1 Å². The van der Waals surface area contributed by atoms with Crippen molar-refractivity contribution >= 4 is 0 Å². The molecule has 1 atom stereocenters. The van der Waals surface area contributed by atoms with E-state index in [4.69, 9.17) is 14.0 Å². The SMILES string of the molecule is CCC(CC)(OC)c1noc([C@H]2CCCOC2)n1. The predicted octanol–water partition coefficient (Wildman–Crippen LogP) is 2.63. The van der Waals surface area contributed by atoms with E-state index in [2.05, 4.69) is 24.0 Å². The molecule has 0 spiro atoms. The van der Waals surface area contributed by atoms with Crippen molar-refractivity contribution in [1.29, 1.82) is 0 Å². The van der Waals surface area contributed by atoms with E-state index in [0.717, 1.165) is 32.3 Å². The molecule has 18 heavy (non-hydrogen) atoms. The number of hydrogen-bond acceptors (Lipinski definition) is 5. The molecule has 1 saturated heterocycles. The number of hydrogen-bond donors (Lipinski definition) is 0. The lowest BCUT2D eigenvalue weighted by Crippen LogP contribution is -2.28. The monoisotopic (exact) mass is 254 g/mol. The lowest BCUT2D eigenvalue weighted by atomic mass is 9.96. The number of aromatic nitrogens is 2. The fourth-order valence-corrected chi connectivity index (χ4v) is 2.47. The van der Waals surface area contributed by atoms with E-state index in [9.17, 15) is 0 Å². The zero-order chi connectivity index (χ0) is 13.0. The third-order valence-corrected chi connectivity index (χ3v) is 3.89. The Hall–Kier alpha value is -0.940. The predicted molar refractivity (Wildman–Crippen MR) is 66.4 cm³/mol. The highest BCUT2D eigenvalue weighted by molar-refractivity contribution is 5.03. The van der Waals surface area contributed by atoms with Gasteiger partial charge in [0.05, 0.1) is 12.5 Å². The Morgan fingerprint density at radius 2 is 2.17 bits per heavy atom. The quantitative estimate of drug-likeness (QED) is 0.808. The molecule has 0 bridgehead atoms. The minimum Gasteiger partial charge on any atom is -0.381 e. The van der Waals surface area contributed by atoms with E-state index in [1.165, 1.54) is 0 Å². The van der Waals surface area contributed by atoms with Crippen LogP contribution >= 0.6 is 0 Å². The Labute approximate surface area is 108 Å². The Morgan fingerprint density at radius 3 is 2.72 bits per heavy atom. The largest absolute Gasteiger partial charge is 0.381 e. The third-order valence-electron chi connectivity index (χ3n) is 3.89. The average Bonchev–Trinajstić information content (AvgIpc) is 2.93. The highest BCUT2D eigenvalue weighted by Gasteiger charge is 2.35. The van der Waals surface area contributed by atoms with Crippen LogP contribution in [0.3, 0.4) is 0 Å². The van der Waals surface area contributed by atoms with E-state index >= 15 is 0 Å². The van der Waals surface area contributed by atoms with Crippen molar-refractivity contribution in [3.8, 4) is 0 Å². The van der Waals surface area contributed by atoms with Gasteiger partial charge in [0.1, 0.15) is 5.60 Å². The zero-order valence-corrected chi connectivity index (χ0v) is 11.4. The lowest BCUT2D eigenvalue weighted by molar-refractivity contribution is -0.0306. The molecule has 2 rings (SSSR count). The molecule has 0 radical (unpaired) electrons. The molecular formula is C13H22N2O3. The van der Waals surface area contributed by atoms with E-state index in [1.54, 1.807) is 7.11 Å². The molecule has 2 heterocycles. The van der Waals surface area contributed by atoms with E-state index in [0.29, 0.717) is 18.3 Å². The van der Waals surface area contributed by atoms with Crippen LogP contribution in [0.25, 0.3) is 0 Å². The van der Waals surface area contributed by atoms with Crippen molar-refractivity contribution in [2.75, 3.05) is 20.3 Å². The summed E-state index contributed by atoms with van der Waals surface area (Å²) in [6.45, 7) is 5.67. The molecule has 0 N–H and O–H groups in total. The highest BCUT2D eigenvalue weighted by Crippen LogP contribution is 2.32. The molecule has 0 saturated carbocycles. The fraction of sp³-hybridized carbons (Fsp3) is 0.846. The first-order valence-corrected chi connectivity index (χ1v) is 6.72. The van der Waals surface area contributed by atoms with Crippen LogP contribution in [-0.4, -0.2) is 30.5 Å². The minimum atomic E-state index is -0.419. The molecule has 1 aliphatic heterocycles. The first-order chi connectivity index (χ1) is 8.75. The average molecular weight is 254 g/mol. The smallest absolute Gasteiger partial charge is 0.232 e. The molecule has 0 unspecified atom stereocenters. The summed E-state index contributed by atoms with van der Waals surface area (Å²) in [6.07, 6.45) is 3.78. The van der Waals surface area contributed by atoms with Gasteiger partial charge in [-0.05, 0) is 25.7 Å². The van der Waals surface area contributed by atoms with Gasteiger partial charge in [0.25, 0.3) is 0 Å². The van der Waals surface area contributed by atoms with Gasteiger partial charge in [0.2, 0.25) is 11.7 Å². The summed E-state index contributed by atoms with van der Waals surface area (Å²) in [7, 11) is 1.70. The summed E-state index contributed by atoms with van der Waals surface area (Å²) in [6, 6.07) is 0. The van der Waals surface area contributed by atoms with Crippen LogP contribution in [0.15, 0.2) is 4.52 Å². The number of nitrogens with zero attached hydrogens (tertiary/aromatic N) is 2. The Bertz CT molecular complexity index is 360. The van der Waals surface area contributed by atoms with Crippen LogP contribution < -0.4 is 0 Å². The third kappa shape index (κ3) is 2.42. The number of ether oxygens (including phenoxy) is 2. The topological polar surface area (TPSA) is 57.4 Å². The van der Waals surface area contributed by atoms with Crippen LogP contribution in [-0.2, 0) is 15.1 Å². The molecule has 0 amide bonds. The normalized spacial score (nSPS) is 21.2. The van der Waals surface area contributed by atoms with Gasteiger partial charge < -0.3 is 14.0 Å². The molecule has 1 fully saturated rings. The van der Waals surface area contributed by atoms with E-state index in [1.807, 2.05) is 0 Å². The van der Waals surface area contributed by atoms with Gasteiger partial charge in [-0.25, -0.2) is 0 Å². The van der Waals surface area contributed by atoms with Gasteiger partial charge in [-0.15, -0.1) is 0 Å². The molecule has 1 aliphatic rings. The summed E-state index contributed by atoms with van der Waals surface area (Å²) in [5.74, 6) is 1.59. The van der Waals surface area contributed by atoms with Crippen molar-refractivity contribution in [3.05, 3.63) is 11.7 Å². The first kappa shape index (κ1) is 13.5. The second-order valence-corrected chi connectivity index (χ2v) is 4.78. The van der Waals surface area contributed by atoms with Crippen LogP contribution in [0, 0.1) is 0 Å². The second kappa shape index (κ2) is 5.80. The Kier molecular flexibility index (Phi) is 4.35. The maximum atomic E-state index is 5.61. The number of rotatable bonds is 5. The molecule has 5 heteroatoms. The molecular weight excluding hydrogens is 232 g/mol. The summed E-state index contributed by atoms with van der Waals surface area (Å²) >= 11 is 0. The van der Waals surface area contributed by atoms with Gasteiger partial charge in [-0.3, -0.25) is 0 Å². The van der Waals surface area contributed by atoms with Crippen molar-refractivity contribution in [3.63, 3.8) is 0 Å². The highest BCUT2D eigenvalue weighted by atomic mass is 16.5. The molecule has 5 nitrogen and oxygen atoms in total. The molecule has 0 aromatic carbocycles. The molecule has 0 aliphatic carbocycles. The fourth-order valence-electron chi connectivity index (χ4n) is 2.47. The number of methoxy groups -OCH3 is 1. The summed E-state index contributed by atoms with van der Waals surface area (Å²) in [5, 5.41) is 4.11. The van der Waals surface area contributed by atoms with Crippen molar-refractivity contribution in [2.24, 2.45) is 0 Å². The van der Waals surface area contributed by atoms with Gasteiger partial charge >= 0.3 is 0 Å². The van der Waals surface area contributed by atoms with E-state index in [-0.39, 0.29) is 5.92 Å². The minimum absolute atomic E-state index is 0.239. The van der Waals surface area contributed by atoms with Crippen molar-refractivity contribution in [2.45, 2.75) is 51.0 Å². The van der Waals surface area contributed by atoms with Crippen molar-refractivity contribution < 1.29 is 14.0 Å². The standard InChI is InChI=1S/C13H22N2O3/c1-4-13(5-2,16-3)12-14-11(18-15-12)10-7-6-8-17-9-10/h10H,4-9H2,1-3H3/t10-/m0/s1. The summed E-state index contributed by atoms with van der Waals surface area (Å²) in [5.41, 5.74) is -0.419. The summed E-state index contributed by atoms with van der Waals surface area (Å²) < 4.78 is 16.5. The second-order valence-electron chi connectivity index (χ2n) is 4.78. The zero-order valence-electron chi connectivity index (χ0n) is 11.4. The first-order valence-electron chi connectivity index (χ1n) is 6.72. The van der Waals surface area contributed by atoms with Gasteiger partial charge in [-0.2, -0.15) is 4.98 Å². The van der Waals surface area contributed by atoms with Crippen LogP contribution in [0.2, 0.25) is 0 Å². The maximum absolute atomic E-state index is 5.61. The van der Waals surface area contributed by atoms with E-state index < -0.39 is 5.60 Å². The molecule has 1 aromatic heterocycles. The van der Waals surface area contributed by atoms with Gasteiger partial charge in [-0.1, -0.05) is 19.0 Å². The molecule has 102 valence electrons. The van der Waals surface area contributed by atoms with Crippen LogP contribution in [0.1, 0.15) is 57.2 Å². The Balaban J connectivity index is 2.18. The lowest BCUT2D eigenvalue weighted by Gasteiger charge is -2.26.